The van der Waals surface area contributed by atoms with Crippen molar-refractivity contribution in [2.24, 2.45) is 0 Å². The van der Waals surface area contributed by atoms with E-state index in [9.17, 15) is 0 Å². The first-order valence-corrected chi connectivity index (χ1v) is 25.8. The second kappa shape index (κ2) is 13.5. The Labute approximate surface area is 407 Å². The summed E-state index contributed by atoms with van der Waals surface area (Å²) < 4.78 is 0. The predicted molar refractivity (Wildman–Crippen MR) is 297 cm³/mol. The summed E-state index contributed by atoms with van der Waals surface area (Å²) in [5.41, 5.74) is 41.2. The number of hydrogen-bond acceptors (Lipinski definition) is 0. The average Bonchev–Trinajstić information content (AvgIpc) is 3.37. The van der Waals surface area contributed by atoms with E-state index in [2.05, 4.69) is 169 Å². The fourth-order valence-corrected chi connectivity index (χ4v) is 16.5. The van der Waals surface area contributed by atoms with Crippen molar-refractivity contribution in [1.29, 1.82) is 0 Å². The van der Waals surface area contributed by atoms with Gasteiger partial charge in [-0.15, -0.1) is 0 Å². The normalized spacial score (nSPS) is 15.0. The lowest BCUT2D eigenvalue weighted by Gasteiger charge is -2.39. The molecule has 0 bridgehead atoms. The van der Waals surface area contributed by atoms with Crippen LogP contribution >= 0.6 is 0 Å². The van der Waals surface area contributed by atoms with Gasteiger partial charge < -0.3 is 0 Å². The second-order valence-corrected chi connectivity index (χ2v) is 22.1. The summed E-state index contributed by atoms with van der Waals surface area (Å²) in [4.78, 5) is 0. The second-order valence-electron chi connectivity index (χ2n) is 22.1. The van der Waals surface area contributed by atoms with Gasteiger partial charge in [-0.2, -0.15) is 0 Å². The van der Waals surface area contributed by atoms with Crippen LogP contribution in [0.5, 0.6) is 0 Å². The molecule has 69 heavy (non-hydrogen) atoms. The molecule has 0 aromatic heterocycles. The maximum atomic E-state index is 2.55. The van der Waals surface area contributed by atoms with Gasteiger partial charge in [-0.1, -0.05) is 177 Å². The first-order valence-electron chi connectivity index (χ1n) is 25.8. The summed E-state index contributed by atoms with van der Waals surface area (Å²) >= 11 is 0. The average molecular weight is 877 g/mol. The van der Waals surface area contributed by atoms with Crippen LogP contribution in [0.25, 0.3) is 32.3 Å². The van der Waals surface area contributed by atoms with Crippen molar-refractivity contribution < 1.29 is 0 Å². The Kier molecular flexibility index (Phi) is 7.63. The predicted octanol–water partition coefficient (Wildman–Crippen LogP) is 7.97. The van der Waals surface area contributed by atoms with Crippen molar-refractivity contribution in [1.82, 2.24) is 0 Å². The third kappa shape index (κ3) is 4.76. The molecule has 6 heterocycles. The molecule has 0 fully saturated rings. The molecule has 6 aliphatic rings. The molecule has 10 aromatic carbocycles. The van der Waals surface area contributed by atoms with Gasteiger partial charge in [0.15, 0.2) is 0 Å². The molecule has 324 valence electrons. The van der Waals surface area contributed by atoms with E-state index in [1.165, 1.54) is 132 Å². The van der Waals surface area contributed by atoms with Crippen LogP contribution in [0.3, 0.4) is 0 Å². The van der Waals surface area contributed by atoms with Crippen LogP contribution < -0.4 is 49.2 Å². The Balaban J connectivity index is 1.12. The van der Waals surface area contributed by atoms with Crippen LogP contribution in [0.4, 0.5) is 0 Å². The van der Waals surface area contributed by atoms with E-state index < -0.39 is 0 Å². The van der Waals surface area contributed by atoms with Crippen molar-refractivity contribution >= 4 is 102 Å². The summed E-state index contributed by atoms with van der Waals surface area (Å²) in [5.74, 6) is 0. The Bertz CT molecular complexity index is 3660. The van der Waals surface area contributed by atoms with Crippen molar-refractivity contribution in [3.63, 3.8) is 0 Å². The van der Waals surface area contributed by atoms with Crippen LogP contribution in [0, 0.1) is 41.5 Å². The number of hydrogen-bond donors (Lipinski definition) is 0. The maximum absolute atomic E-state index is 2.55. The number of aryl methyl sites for hydroxylation is 6. The third-order valence-corrected chi connectivity index (χ3v) is 19.2. The van der Waals surface area contributed by atoms with Crippen LogP contribution in [-0.4, -0.2) is 20.1 Å². The van der Waals surface area contributed by atoms with Crippen molar-refractivity contribution in [2.75, 3.05) is 0 Å². The van der Waals surface area contributed by atoms with Crippen LogP contribution in [-0.2, 0) is 38.5 Å². The molecule has 0 atom stereocenters. The summed E-state index contributed by atoms with van der Waals surface area (Å²) in [7, 11) is 0. The zero-order chi connectivity index (χ0) is 45.9. The zero-order valence-corrected chi connectivity index (χ0v) is 40.6. The smallest absolute Gasteiger partial charge is 0.0667 e. The minimum absolute atomic E-state index is 0.224. The van der Waals surface area contributed by atoms with Gasteiger partial charge in [0.25, 0.3) is 0 Å². The Morgan fingerprint density at radius 3 is 0.754 bits per heavy atom. The monoisotopic (exact) mass is 876 g/mol. The molecule has 16 rings (SSSR count). The van der Waals surface area contributed by atoms with Crippen LogP contribution in [0.15, 0.2) is 127 Å². The minimum atomic E-state index is 0.224. The van der Waals surface area contributed by atoms with Crippen molar-refractivity contribution in [3.05, 3.63) is 228 Å². The molecule has 0 spiro atoms. The van der Waals surface area contributed by atoms with Gasteiger partial charge in [0.2, 0.25) is 20.1 Å². The Morgan fingerprint density at radius 2 is 0.464 bits per heavy atom. The largest absolute Gasteiger partial charge is 0.243 e. The van der Waals surface area contributed by atoms with Gasteiger partial charge in [-0.3, -0.25) is 0 Å². The number of fused-ring (bicyclic) bond motifs is 18. The first kappa shape index (κ1) is 39.1. The highest BCUT2D eigenvalue weighted by molar-refractivity contribution is 6.99. The topological polar surface area (TPSA) is 0 Å². The molecular formula is C66H51B3. The molecule has 0 amide bonds. The Morgan fingerprint density at radius 1 is 0.232 bits per heavy atom. The van der Waals surface area contributed by atoms with E-state index in [1.54, 1.807) is 49.5 Å². The van der Waals surface area contributed by atoms with Crippen LogP contribution in [0.2, 0.25) is 0 Å². The number of benzene rings is 10. The Hall–Kier alpha value is -6.83. The summed E-state index contributed by atoms with van der Waals surface area (Å²) in [6.07, 6.45) is 6.00. The standard InChI is InChI=1S/C66H51B3/c1-34-49-31-46-22-13-19-43-28-40-16-7-10-25-52(40)67(64(43)46)61(49)37(4)58-55(34)59-38(5)62-50(32-47-23-14-20-44-29-41-17-8-11-26-53(41)68(62)65(44)47)35(2)57(59)60-39(6)63-51(36(3)56(58)60)33-48-24-15-21-45-30-42-18-9-12-27-54(42)69(63)66(45)48/h7-27H,28-33H2,1-6H3. The quantitative estimate of drug-likeness (QED) is 0.107. The molecule has 0 radical (unpaired) electrons. The molecular weight excluding hydrogens is 825 g/mol. The SMILES string of the molecule is Cc1c2c(c(C)c3c1c1c(C)c4c(c(C)c1c1c(C)c5c(c(C)c31)Cc1cccc3c1B5c1ccccc1C3)Cc1cccc3c1B4c1ccccc1C3)B1c3ccccc3Cc3cccc(c31)C2. The maximum Gasteiger partial charge on any atom is 0.243 e. The van der Waals surface area contributed by atoms with Crippen molar-refractivity contribution in [3.8, 4) is 0 Å². The molecule has 0 unspecified atom stereocenters. The third-order valence-electron chi connectivity index (χ3n) is 19.2. The fraction of sp³-hybridized carbons (Fsp3) is 0.182. The molecule has 0 N–H and O–H groups in total. The van der Waals surface area contributed by atoms with Gasteiger partial charge in [-0.25, -0.2) is 0 Å². The molecule has 0 aliphatic carbocycles. The molecule has 0 saturated carbocycles. The van der Waals surface area contributed by atoms with E-state index in [4.69, 9.17) is 0 Å². The highest BCUT2D eigenvalue weighted by atomic mass is 14.4. The summed E-state index contributed by atoms with van der Waals surface area (Å²) in [6.45, 7) is 15.9. The minimum Gasteiger partial charge on any atom is -0.0667 e. The van der Waals surface area contributed by atoms with E-state index in [0.29, 0.717) is 0 Å². The van der Waals surface area contributed by atoms with E-state index in [0.717, 1.165) is 38.5 Å². The van der Waals surface area contributed by atoms with E-state index in [-0.39, 0.29) is 20.1 Å². The van der Waals surface area contributed by atoms with Gasteiger partial charge in [0.05, 0.1) is 0 Å². The lowest BCUT2D eigenvalue weighted by atomic mass is 9.29. The number of rotatable bonds is 0. The summed E-state index contributed by atoms with van der Waals surface area (Å²) in [6, 6.07) is 49.9. The summed E-state index contributed by atoms with van der Waals surface area (Å²) in [5, 5.41) is 9.04. The lowest BCUT2D eigenvalue weighted by Crippen LogP contribution is -2.62. The van der Waals surface area contributed by atoms with Crippen molar-refractivity contribution in [2.45, 2.75) is 80.1 Å². The molecule has 10 aromatic rings. The van der Waals surface area contributed by atoms with E-state index >= 15 is 0 Å². The lowest BCUT2D eigenvalue weighted by molar-refractivity contribution is 1.13. The van der Waals surface area contributed by atoms with Gasteiger partial charge in [-0.05, 0) is 213 Å². The van der Waals surface area contributed by atoms with Gasteiger partial charge in [0, 0.05) is 0 Å². The molecule has 0 saturated heterocycles. The van der Waals surface area contributed by atoms with Gasteiger partial charge >= 0.3 is 0 Å². The van der Waals surface area contributed by atoms with E-state index in [1.807, 2.05) is 0 Å². The highest BCUT2D eigenvalue weighted by Crippen LogP contribution is 2.47. The molecule has 0 nitrogen and oxygen atoms in total. The van der Waals surface area contributed by atoms with Crippen LogP contribution in [0.1, 0.15) is 100 Å². The first-order chi connectivity index (χ1) is 33.8. The zero-order valence-electron chi connectivity index (χ0n) is 40.6. The molecule has 6 aliphatic heterocycles. The highest BCUT2D eigenvalue weighted by Gasteiger charge is 2.44. The fourth-order valence-electron chi connectivity index (χ4n) is 16.5. The van der Waals surface area contributed by atoms with Gasteiger partial charge in [0.1, 0.15) is 0 Å². The molecule has 3 heteroatoms.